The Kier molecular flexibility index (Phi) is 6.09. The summed E-state index contributed by atoms with van der Waals surface area (Å²) in [6.45, 7) is 2.02. The first-order valence-corrected chi connectivity index (χ1v) is 10.2. The molecule has 1 amide bonds. The standard InChI is InChI=1S/C24H21ClN4O3/c1-14-8-10-15(11-9-14)26-22-17-6-4-5-7-19(17)27-23(29-22)24(30)28-21-18(25)12-16(31-2)13-20(21)32-3/h4-13H,1-3H3,(H,28,30)(H,26,27,29). The molecule has 1 heterocycles. The van der Waals surface area contributed by atoms with Gasteiger partial charge in [-0.15, -0.1) is 0 Å². The molecule has 8 heteroatoms. The Balaban J connectivity index is 1.72. The third-order valence-electron chi connectivity index (χ3n) is 4.84. The molecule has 0 aliphatic carbocycles. The molecule has 0 unspecified atom stereocenters. The largest absolute Gasteiger partial charge is 0.497 e. The molecule has 4 rings (SSSR count). The summed E-state index contributed by atoms with van der Waals surface area (Å²) in [4.78, 5) is 22.0. The number of amides is 1. The number of hydrogen-bond donors (Lipinski definition) is 2. The molecular weight excluding hydrogens is 428 g/mol. The minimum atomic E-state index is -0.520. The number of aryl methyl sites for hydroxylation is 1. The number of rotatable bonds is 6. The summed E-state index contributed by atoms with van der Waals surface area (Å²) in [6.07, 6.45) is 0. The Labute approximate surface area is 190 Å². The van der Waals surface area contributed by atoms with Crippen molar-refractivity contribution in [3.05, 3.63) is 77.1 Å². The van der Waals surface area contributed by atoms with E-state index in [-0.39, 0.29) is 10.8 Å². The van der Waals surface area contributed by atoms with Gasteiger partial charge in [0.1, 0.15) is 23.0 Å². The van der Waals surface area contributed by atoms with Crippen molar-refractivity contribution in [2.24, 2.45) is 0 Å². The summed E-state index contributed by atoms with van der Waals surface area (Å²) in [6, 6.07) is 18.6. The number of para-hydroxylation sites is 1. The van der Waals surface area contributed by atoms with Crippen molar-refractivity contribution in [2.75, 3.05) is 24.9 Å². The minimum absolute atomic E-state index is 0.00718. The van der Waals surface area contributed by atoms with Gasteiger partial charge in [-0.3, -0.25) is 4.79 Å². The molecule has 0 bridgehead atoms. The van der Waals surface area contributed by atoms with E-state index in [1.165, 1.54) is 14.2 Å². The summed E-state index contributed by atoms with van der Waals surface area (Å²) in [5.74, 6) is 0.871. The first kappa shape index (κ1) is 21.4. The second-order valence-corrected chi connectivity index (χ2v) is 7.45. The number of nitrogens with zero attached hydrogens (tertiary/aromatic N) is 2. The summed E-state index contributed by atoms with van der Waals surface area (Å²) < 4.78 is 10.6. The van der Waals surface area contributed by atoms with Crippen LogP contribution >= 0.6 is 11.6 Å². The molecule has 32 heavy (non-hydrogen) atoms. The van der Waals surface area contributed by atoms with Crippen molar-refractivity contribution in [1.82, 2.24) is 9.97 Å². The predicted octanol–water partition coefficient (Wildman–Crippen LogP) is 5.60. The number of halogens is 1. The van der Waals surface area contributed by atoms with Gasteiger partial charge in [0.2, 0.25) is 5.82 Å². The van der Waals surface area contributed by atoms with Gasteiger partial charge in [0.25, 0.3) is 5.91 Å². The van der Waals surface area contributed by atoms with Crippen molar-refractivity contribution in [3.8, 4) is 11.5 Å². The van der Waals surface area contributed by atoms with E-state index in [0.717, 1.165) is 16.6 Å². The maximum Gasteiger partial charge on any atom is 0.293 e. The van der Waals surface area contributed by atoms with Gasteiger partial charge in [0, 0.05) is 23.2 Å². The summed E-state index contributed by atoms with van der Waals surface area (Å²) in [5.41, 5.74) is 2.94. The Hall–Kier alpha value is -3.84. The maximum absolute atomic E-state index is 13.1. The number of carbonyl (C=O) groups excluding carboxylic acids is 1. The molecule has 0 saturated heterocycles. The van der Waals surface area contributed by atoms with Crippen LogP contribution in [0.25, 0.3) is 10.9 Å². The first-order valence-electron chi connectivity index (χ1n) is 9.82. The van der Waals surface area contributed by atoms with Crippen molar-refractivity contribution in [1.29, 1.82) is 0 Å². The van der Waals surface area contributed by atoms with E-state index in [0.29, 0.717) is 28.5 Å². The number of benzene rings is 3. The van der Waals surface area contributed by atoms with Gasteiger partial charge in [-0.25, -0.2) is 9.97 Å². The topological polar surface area (TPSA) is 85.4 Å². The van der Waals surface area contributed by atoms with E-state index in [2.05, 4.69) is 20.6 Å². The number of methoxy groups -OCH3 is 2. The van der Waals surface area contributed by atoms with Crippen molar-refractivity contribution in [2.45, 2.75) is 6.92 Å². The first-order chi connectivity index (χ1) is 15.5. The molecule has 3 aromatic carbocycles. The Morgan fingerprint density at radius 3 is 2.44 bits per heavy atom. The SMILES string of the molecule is COc1cc(Cl)c(NC(=O)c2nc(Nc3ccc(C)cc3)c3ccccc3n2)c(OC)c1. The minimum Gasteiger partial charge on any atom is -0.497 e. The molecule has 0 aliphatic rings. The van der Waals surface area contributed by atoms with E-state index in [4.69, 9.17) is 21.1 Å². The fourth-order valence-corrected chi connectivity index (χ4v) is 3.42. The highest BCUT2D eigenvalue weighted by Gasteiger charge is 2.19. The van der Waals surface area contributed by atoms with Gasteiger partial charge in [-0.05, 0) is 31.2 Å². The number of ether oxygens (including phenoxy) is 2. The Morgan fingerprint density at radius 2 is 1.72 bits per heavy atom. The van der Waals surface area contributed by atoms with Crippen molar-refractivity contribution >= 4 is 45.6 Å². The van der Waals surface area contributed by atoms with Crippen LogP contribution in [0.15, 0.2) is 60.7 Å². The van der Waals surface area contributed by atoms with Gasteiger partial charge >= 0.3 is 0 Å². The molecule has 0 aliphatic heterocycles. The fraction of sp³-hybridized carbons (Fsp3) is 0.125. The van der Waals surface area contributed by atoms with E-state index < -0.39 is 5.91 Å². The molecule has 0 saturated carbocycles. The van der Waals surface area contributed by atoms with Crippen molar-refractivity contribution in [3.63, 3.8) is 0 Å². The van der Waals surface area contributed by atoms with Crippen LogP contribution in [-0.4, -0.2) is 30.1 Å². The molecule has 2 N–H and O–H groups in total. The van der Waals surface area contributed by atoms with Gasteiger partial charge in [0.05, 0.1) is 24.8 Å². The van der Waals surface area contributed by atoms with E-state index in [1.807, 2.05) is 55.5 Å². The molecule has 7 nitrogen and oxygen atoms in total. The number of carbonyl (C=O) groups is 1. The van der Waals surface area contributed by atoms with Gasteiger partial charge in [0.15, 0.2) is 0 Å². The molecular formula is C24H21ClN4O3. The van der Waals surface area contributed by atoms with Crippen LogP contribution in [0.2, 0.25) is 5.02 Å². The van der Waals surface area contributed by atoms with Gasteiger partial charge < -0.3 is 20.1 Å². The molecule has 0 spiro atoms. The lowest BCUT2D eigenvalue weighted by Gasteiger charge is -2.14. The van der Waals surface area contributed by atoms with E-state index in [9.17, 15) is 4.79 Å². The molecule has 162 valence electrons. The second-order valence-electron chi connectivity index (χ2n) is 7.04. The number of nitrogens with one attached hydrogen (secondary N) is 2. The van der Waals surface area contributed by atoms with Crippen LogP contribution in [0.4, 0.5) is 17.2 Å². The van der Waals surface area contributed by atoms with Crippen LogP contribution < -0.4 is 20.1 Å². The zero-order valence-corrected chi connectivity index (χ0v) is 18.5. The quantitative estimate of drug-likeness (QED) is 0.399. The molecule has 0 atom stereocenters. The van der Waals surface area contributed by atoms with Gasteiger partial charge in [-0.2, -0.15) is 0 Å². The van der Waals surface area contributed by atoms with Gasteiger partial charge in [-0.1, -0.05) is 41.4 Å². The smallest absolute Gasteiger partial charge is 0.293 e. The van der Waals surface area contributed by atoms with E-state index in [1.54, 1.807) is 12.1 Å². The molecule has 4 aromatic rings. The lowest BCUT2D eigenvalue weighted by molar-refractivity contribution is 0.101. The predicted molar refractivity (Wildman–Crippen MR) is 127 cm³/mol. The average molecular weight is 449 g/mol. The summed E-state index contributed by atoms with van der Waals surface area (Å²) in [7, 11) is 3.01. The average Bonchev–Trinajstić information content (AvgIpc) is 2.81. The lowest BCUT2D eigenvalue weighted by atomic mass is 10.2. The van der Waals surface area contributed by atoms with Crippen LogP contribution in [0.5, 0.6) is 11.5 Å². The highest BCUT2D eigenvalue weighted by atomic mass is 35.5. The zero-order chi connectivity index (χ0) is 22.7. The van der Waals surface area contributed by atoms with Crippen LogP contribution in [-0.2, 0) is 0 Å². The maximum atomic E-state index is 13.1. The molecule has 0 radical (unpaired) electrons. The monoisotopic (exact) mass is 448 g/mol. The van der Waals surface area contributed by atoms with Crippen LogP contribution in [0.3, 0.4) is 0 Å². The van der Waals surface area contributed by atoms with Crippen molar-refractivity contribution < 1.29 is 14.3 Å². The Morgan fingerprint density at radius 1 is 0.969 bits per heavy atom. The fourth-order valence-electron chi connectivity index (χ4n) is 3.17. The number of hydrogen-bond acceptors (Lipinski definition) is 6. The normalized spacial score (nSPS) is 10.6. The third-order valence-corrected chi connectivity index (χ3v) is 5.14. The highest BCUT2D eigenvalue weighted by Crippen LogP contribution is 2.37. The number of fused-ring (bicyclic) bond motifs is 1. The summed E-state index contributed by atoms with van der Waals surface area (Å²) in [5, 5.41) is 7.11. The van der Waals surface area contributed by atoms with Crippen LogP contribution in [0.1, 0.15) is 16.2 Å². The molecule has 1 aromatic heterocycles. The number of aromatic nitrogens is 2. The molecule has 0 fully saturated rings. The zero-order valence-electron chi connectivity index (χ0n) is 17.8. The highest BCUT2D eigenvalue weighted by molar-refractivity contribution is 6.34. The second kappa shape index (κ2) is 9.11. The number of anilines is 3. The third kappa shape index (κ3) is 4.43. The summed E-state index contributed by atoms with van der Waals surface area (Å²) >= 11 is 6.34. The van der Waals surface area contributed by atoms with E-state index >= 15 is 0 Å². The lowest BCUT2D eigenvalue weighted by Crippen LogP contribution is -2.17. The Bertz CT molecular complexity index is 1290. The van der Waals surface area contributed by atoms with Crippen LogP contribution in [0, 0.1) is 6.92 Å².